The molecule has 0 saturated heterocycles. The molecule has 0 N–H and O–H groups in total. The van der Waals surface area contributed by atoms with Crippen molar-refractivity contribution in [3.05, 3.63) is 53.3 Å². The van der Waals surface area contributed by atoms with Crippen LogP contribution in [-0.4, -0.2) is 46.9 Å². The summed E-state index contributed by atoms with van der Waals surface area (Å²) in [6.07, 6.45) is 2.55. The van der Waals surface area contributed by atoms with Gasteiger partial charge >= 0.3 is 0 Å². The van der Waals surface area contributed by atoms with Crippen LogP contribution in [0.3, 0.4) is 0 Å². The number of anilines is 1. The fourth-order valence-electron chi connectivity index (χ4n) is 2.24. The molecule has 1 aliphatic rings. The van der Waals surface area contributed by atoms with Gasteiger partial charge in [-0.15, -0.1) is 0 Å². The van der Waals surface area contributed by atoms with Gasteiger partial charge in [0.2, 0.25) is 0 Å². The highest BCUT2D eigenvalue weighted by molar-refractivity contribution is 6.34. The quantitative estimate of drug-likeness (QED) is 0.771. The van der Waals surface area contributed by atoms with Gasteiger partial charge in [-0.3, -0.25) is 14.4 Å². The summed E-state index contributed by atoms with van der Waals surface area (Å²) in [6.45, 7) is 0. The summed E-state index contributed by atoms with van der Waals surface area (Å²) in [5.74, 6) is -1.04. The zero-order chi connectivity index (χ0) is 15.9. The van der Waals surface area contributed by atoms with Gasteiger partial charge in [0.25, 0.3) is 17.7 Å². The lowest BCUT2D eigenvalue weighted by atomic mass is 10.1. The lowest BCUT2D eigenvalue weighted by Crippen LogP contribution is -2.29. The van der Waals surface area contributed by atoms with Crippen molar-refractivity contribution in [2.24, 2.45) is 0 Å². The molecule has 7 nitrogen and oxygen atoms in total. The highest BCUT2D eigenvalue weighted by atomic mass is 16.2. The van der Waals surface area contributed by atoms with E-state index in [-0.39, 0.29) is 17.0 Å². The Labute approximate surface area is 126 Å². The van der Waals surface area contributed by atoms with Gasteiger partial charge in [-0.2, -0.15) is 10.2 Å². The fourth-order valence-corrected chi connectivity index (χ4v) is 2.24. The van der Waals surface area contributed by atoms with Crippen molar-refractivity contribution >= 4 is 23.4 Å². The van der Waals surface area contributed by atoms with Crippen molar-refractivity contribution in [1.82, 2.24) is 15.1 Å². The Bertz CT molecular complexity index is 749. The van der Waals surface area contributed by atoms with Crippen LogP contribution in [-0.2, 0) is 0 Å². The first-order valence-corrected chi connectivity index (χ1v) is 6.52. The van der Waals surface area contributed by atoms with E-state index in [1.165, 1.54) is 17.3 Å². The van der Waals surface area contributed by atoms with Gasteiger partial charge in [-0.25, -0.2) is 4.90 Å². The summed E-state index contributed by atoms with van der Waals surface area (Å²) in [6, 6.07) is 6.30. The average Bonchev–Trinajstić information content (AvgIpc) is 2.79. The van der Waals surface area contributed by atoms with E-state index in [9.17, 15) is 14.4 Å². The minimum Gasteiger partial charge on any atom is -0.345 e. The van der Waals surface area contributed by atoms with Gasteiger partial charge in [-0.05, 0) is 24.3 Å². The molecule has 7 heteroatoms. The molecule has 3 amide bonds. The van der Waals surface area contributed by atoms with Gasteiger partial charge in [0.15, 0.2) is 0 Å². The number of imide groups is 1. The Morgan fingerprint density at radius 1 is 0.955 bits per heavy atom. The van der Waals surface area contributed by atoms with Crippen molar-refractivity contribution in [3.63, 3.8) is 0 Å². The predicted molar refractivity (Wildman–Crippen MR) is 77.6 cm³/mol. The molecule has 0 spiro atoms. The van der Waals surface area contributed by atoms with E-state index in [1.54, 1.807) is 38.4 Å². The maximum Gasteiger partial charge on any atom is 0.267 e. The van der Waals surface area contributed by atoms with E-state index in [2.05, 4.69) is 10.2 Å². The Hall–Kier alpha value is -3.09. The standard InChI is InChI=1S/C15H12N4O3/c1-18(2)13(20)9-3-5-10(6-4-9)19-14(21)11-7-16-17-8-12(11)15(19)22/h3-8H,1-2H3. The van der Waals surface area contributed by atoms with Crippen molar-refractivity contribution in [2.75, 3.05) is 19.0 Å². The number of rotatable bonds is 2. The first kappa shape index (κ1) is 13.9. The highest BCUT2D eigenvalue weighted by Crippen LogP contribution is 2.27. The van der Waals surface area contributed by atoms with E-state index in [0.717, 1.165) is 4.90 Å². The van der Waals surface area contributed by atoms with Gasteiger partial charge in [0.05, 0.1) is 29.2 Å². The number of fused-ring (bicyclic) bond motifs is 1. The number of aromatic nitrogens is 2. The molecule has 0 unspecified atom stereocenters. The van der Waals surface area contributed by atoms with Crippen molar-refractivity contribution in [3.8, 4) is 0 Å². The number of nitrogens with zero attached hydrogens (tertiary/aromatic N) is 4. The largest absolute Gasteiger partial charge is 0.345 e. The molecule has 0 radical (unpaired) electrons. The number of hydrogen-bond donors (Lipinski definition) is 0. The summed E-state index contributed by atoms with van der Waals surface area (Å²) in [4.78, 5) is 38.9. The van der Waals surface area contributed by atoms with Crippen LogP contribution in [0.15, 0.2) is 36.7 Å². The second-order valence-electron chi connectivity index (χ2n) is 5.01. The SMILES string of the molecule is CN(C)C(=O)c1ccc(N2C(=O)c3cnncc3C2=O)cc1. The molecule has 0 bridgehead atoms. The van der Waals surface area contributed by atoms with Gasteiger partial charge < -0.3 is 4.90 Å². The van der Waals surface area contributed by atoms with E-state index in [4.69, 9.17) is 0 Å². The summed E-state index contributed by atoms with van der Waals surface area (Å²) in [7, 11) is 3.31. The molecule has 22 heavy (non-hydrogen) atoms. The van der Waals surface area contributed by atoms with E-state index >= 15 is 0 Å². The zero-order valence-corrected chi connectivity index (χ0v) is 12.0. The number of benzene rings is 1. The van der Waals surface area contributed by atoms with Gasteiger partial charge in [-0.1, -0.05) is 0 Å². The maximum atomic E-state index is 12.3. The molecule has 1 aromatic carbocycles. The third kappa shape index (κ3) is 2.03. The molecular formula is C15H12N4O3. The molecule has 0 saturated carbocycles. The number of amides is 3. The first-order chi connectivity index (χ1) is 10.5. The second kappa shape index (κ2) is 5.03. The fraction of sp³-hybridized carbons (Fsp3) is 0.133. The van der Waals surface area contributed by atoms with E-state index < -0.39 is 11.8 Å². The Morgan fingerprint density at radius 2 is 1.45 bits per heavy atom. The van der Waals surface area contributed by atoms with Crippen LogP contribution in [0.4, 0.5) is 5.69 Å². The van der Waals surface area contributed by atoms with Crippen molar-refractivity contribution in [2.45, 2.75) is 0 Å². The third-order valence-electron chi connectivity index (χ3n) is 3.38. The lowest BCUT2D eigenvalue weighted by Gasteiger charge is -2.15. The monoisotopic (exact) mass is 296 g/mol. The molecule has 2 aromatic rings. The third-order valence-corrected chi connectivity index (χ3v) is 3.38. The van der Waals surface area contributed by atoms with Crippen LogP contribution in [0.2, 0.25) is 0 Å². The number of carbonyl (C=O) groups is 3. The first-order valence-electron chi connectivity index (χ1n) is 6.52. The molecule has 1 aromatic heterocycles. The van der Waals surface area contributed by atoms with E-state index in [0.29, 0.717) is 11.3 Å². The molecule has 110 valence electrons. The predicted octanol–water partition coefficient (Wildman–Crippen LogP) is 0.979. The summed E-state index contributed by atoms with van der Waals surface area (Å²) >= 11 is 0. The Morgan fingerprint density at radius 3 is 1.91 bits per heavy atom. The average molecular weight is 296 g/mol. The Balaban J connectivity index is 1.95. The second-order valence-corrected chi connectivity index (χ2v) is 5.01. The molecule has 0 fully saturated rings. The maximum absolute atomic E-state index is 12.3. The molecule has 0 aliphatic carbocycles. The summed E-state index contributed by atoms with van der Waals surface area (Å²) in [5, 5.41) is 7.25. The summed E-state index contributed by atoms with van der Waals surface area (Å²) in [5.41, 5.74) is 1.34. The Kier molecular flexibility index (Phi) is 3.17. The van der Waals surface area contributed by atoms with Crippen molar-refractivity contribution in [1.29, 1.82) is 0 Å². The smallest absolute Gasteiger partial charge is 0.267 e. The van der Waals surface area contributed by atoms with Crippen LogP contribution in [0.1, 0.15) is 31.1 Å². The lowest BCUT2D eigenvalue weighted by molar-refractivity contribution is 0.0827. The van der Waals surface area contributed by atoms with Crippen molar-refractivity contribution < 1.29 is 14.4 Å². The molecule has 3 rings (SSSR count). The minimum absolute atomic E-state index is 0.151. The normalized spacial score (nSPS) is 13.3. The van der Waals surface area contributed by atoms with Crippen LogP contribution >= 0.6 is 0 Å². The number of hydrogen-bond acceptors (Lipinski definition) is 5. The highest BCUT2D eigenvalue weighted by Gasteiger charge is 2.37. The molecular weight excluding hydrogens is 284 g/mol. The van der Waals surface area contributed by atoms with Crippen LogP contribution in [0.5, 0.6) is 0 Å². The minimum atomic E-state index is -0.443. The summed E-state index contributed by atoms with van der Waals surface area (Å²) < 4.78 is 0. The topological polar surface area (TPSA) is 83.5 Å². The molecule has 1 aliphatic heterocycles. The number of carbonyl (C=O) groups excluding carboxylic acids is 3. The van der Waals surface area contributed by atoms with Gasteiger partial charge in [0, 0.05) is 19.7 Å². The van der Waals surface area contributed by atoms with E-state index in [1.807, 2.05) is 0 Å². The van der Waals surface area contributed by atoms with Crippen LogP contribution in [0.25, 0.3) is 0 Å². The van der Waals surface area contributed by atoms with Crippen LogP contribution < -0.4 is 4.90 Å². The molecule has 0 atom stereocenters. The van der Waals surface area contributed by atoms with Crippen LogP contribution in [0, 0.1) is 0 Å². The zero-order valence-electron chi connectivity index (χ0n) is 12.0. The van der Waals surface area contributed by atoms with Gasteiger partial charge in [0.1, 0.15) is 0 Å². The molecule has 2 heterocycles.